The van der Waals surface area contributed by atoms with Gasteiger partial charge in [-0.3, -0.25) is 4.90 Å². The van der Waals surface area contributed by atoms with Gasteiger partial charge in [-0.2, -0.15) is 0 Å². The molecule has 2 saturated heterocycles. The molecule has 3 nitrogen and oxygen atoms in total. The number of piperidine rings is 1. The Morgan fingerprint density at radius 2 is 1.61 bits per heavy atom. The molecular weight excluding hydrogens is 369 g/mol. The Balaban J connectivity index is 1.31. The van der Waals surface area contributed by atoms with Crippen LogP contribution in [0.2, 0.25) is 0 Å². The number of anilines is 1. The molecular formula is C23H28FN3S. The van der Waals surface area contributed by atoms with E-state index in [1.54, 1.807) is 12.1 Å². The molecule has 5 heteroatoms. The third kappa shape index (κ3) is 4.53. The van der Waals surface area contributed by atoms with E-state index >= 15 is 0 Å². The van der Waals surface area contributed by atoms with Gasteiger partial charge in [0, 0.05) is 30.4 Å². The Morgan fingerprint density at radius 1 is 1.00 bits per heavy atom. The summed E-state index contributed by atoms with van der Waals surface area (Å²) in [7, 11) is 0. The van der Waals surface area contributed by atoms with Crippen molar-refractivity contribution in [2.45, 2.75) is 63.7 Å². The van der Waals surface area contributed by atoms with Crippen molar-refractivity contribution in [1.29, 1.82) is 0 Å². The van der Waals surface area contributed by atoms with Crippen LogP contribution < -0.4 is 10.6 Å². The maximum absolute atomic E-state index is 13.2. The third-order valence-electron chi connectivity index (χ3n) is 6.12. The standard InChI is InChI=1S/C23H28FN3S/c1-2-16-5-9-19(10-6-16)25-23(28)26-20-13-21-11-12-22(14-20)27(21)15-17-3-7-18(24)8-4-17/h3-10,20-22H,2,11-15H2,1H3,(H2,25,26,28). The number of benzene rings is 2. The number of nitrogens with one attached hydrogen (secondary N) is 2. The summed E-state index contributed by atoms with van der Waals surface area (Å²) in [5.74, 6) is -0.167. The topological polar surface area (TPSA) is 27.3 Å². The summed E-state index contributed by atoms with van der Waals surface area (Å²) in [6, 6.07) is 16.9. The minimum atomic E-state index is -0.167. The first-order valence-electron chi connectivity index (χ1n) is 10.3. The van der Waals surface area contributed by atoms with E-state index in [2.05, 4.69) is 46.7 Å². The molecule has 0 aliphatic carbocycles. The van der Waals surface area contributed by atoms with E-state index in [9.17, 15) is 4.39 Å². The summed E-state index contributed by atoms with van der Waals surface area (Å²) in [6.07, 6.45) is 5.73. The van der Waals surface area contributed by atoms with Crippen LogP contribution in [-0.2, 0) is 13.0 Å². The highest BCUT2D eigenvalue weighted by atomic mass is 32.1. The fourth-order valence-electron chi connectivity index (χ4n) is 4.63. The normalized spacial score (nSPS) is 24.1. The molecule has 0 spiro atoms. The molecule has 4 rings (SSSR count). The second-order valence-corrected chi connectivity index (χ2v) is 8.41. The maximum atomic E-state index is 13.2. The van der Waals surface area contributed by atoms with Gasteiger partial charge in [-0.25, -0.2) is 4.39 Å². The van der Waals surface area contributed by atoms with Gasteiger partial charge in [0.1, 0.15) is 5.82 Å². The van der Waals surface area contributed by atoms with Crippen molar-refractivity contribution in [3.05, 3.63) is 65.5 Å². The largest absolute Gasteiger partial charge is 0.360 e. The van der Waals surface area contributed by atoms with E-state index in [1.165, 1.54) is 24.0 Å². The molecule has 0 saturated carbocycles. The van der Waals surface area contributed by atoms with Crippen molar-refractivity contribution in [2.24, 2.45) is 0 Å². The molecule has 0 aromatic heterocycles. The first-order valence-corrected chi connectivity index (χ1v) is 10.7. The minimum Gasteiger partial charge on any atom is -0.360 e. The van der Waals surface area contributed by atoms with Gasteiger partial charge in [0.25, 0.3) is 0 Å². The lowest BCUT2D eigenvalue weighted by molar-refractivity contribution is 0.115. The van der Waals surface area contributed by atoms with Crippen LogP contribution in [0.15, 0.2) is 48.5 Å². The van der Waals surface area contributed by atoms with Crippen LogP contribution in [0.4, 0.5) is 10.1 Å². The summed E-state index contributed by atoms with van der Waals surface area (Å²) in [6.45, 7) is 3.07. The molecule has 2 atom stereocenters. The number of thiocarbonyl (C=S) groups is 1. The fourth-order valence-corrected chi connectivity index (χ4v) is 4.91. The minimum absolute atomic E-state index is 0.167. The predicted octanol–water partition coefficient (Wildman–Crippen LogP) is 4.87. The number of rotatable bonds is 5. The van der Waals surface area contributed by atoms with Gasteiger partial charge in [-0.15, -0.1) is 0 Å². The predicted molar refractivity (Wildman–Crippen MR) is 117 cm³/mol. The summed E-state index contributed by atoms with van der Waals surface area (Å²) >= 11 is 5.55. The van der Waals surface area contributed by atoms with E-state index in [0.717, 1.165) is 31.5 Å². The van der Waals surface area contributed by atoms with Gasteiger partial charge in [-0.05, 0) is 79.7 Å². The summed E-state index contributed by atoms with van der Waals surface area (Å²) in [5, 5.41) is 7.56. The molecule has 28 heavy (non-hydrogen) atoms. The molecule has 2 heterocycles. The van der Waals surface area contributed by atoms with Gasteiger partial charge < -0.3 is 10.6 Å². The summed E-state index contributed by atoms with van der Waals surface area (Å²) in [4.78, 5) is 2.60. The second kappa shape index (κ2) is 8.58. The smallest absolute Gasteiger partial charge is 0.170 e. The number of hydrogen-bond donors (Lipinski definition) is 2. The molecule has 2 unspecified atom stereocenters. The van der Waals surface area contributed by atoms with E-state index in [4.69, 9.17) is 12.2 Å². The summed E-state index contributed by atoms with van der Waals surface area (Å²) in [5.41, 5.74) is 3.55. The van der Waals surface area contributed by atoms with E-state index in [1.807, 2.05) is 12.1 Å². The number of nitrogens with zero attached hydrogens (tertiary/aromatic N) is 1. The molecule has 2 fully saturated rings. The molecule has 0 radical (unpaired) electrons. The molecule has 2 N–H and O–H groups in total. The Labute approximate surface area is 172 Å². The summed E-state index contributed by atoms with van der Waals surface area (Å²) < 4.78 is 13.2. The van der Waals surface area contributed by atoms with Crippen LogP contribution in [0.25, 0.3) is 0 Å². The fraction of sp³-hybridized carbons (Fsp3) is 0.435. The van der Waals surface area contributed by atoms with E-state index in [-0.39, 0.29) is 5.82 Å². The van der Waals surface area contributed by atoms with Gasteiger partial charge in [0.05, 0.1) is 0 Å². The van der Waals surface area contributed by atoms with Crippen molar-refractivity contribution >= 4 is 23.0 Å². The van der Waals surface area contributed by atoms with Gasteiger partial charge >= 0.3 is 0 Å². The van der Waals surface area contributed by atoms with E-state index < -0.39 is 0 Å². The highest BCUT2D eigenvalue weighted by Crippen LogP contribution is 2.36. The van der Waals surface area contributed by atoms with Crippen molar-refractivity contribution in [1.82, 2.24) is 10.2 Å². The van der Waals surface area contributed by atoms with Crippen LogP contribution in [-0.4, -0.2) is 28.1 Å². The van der Waals surface area contributed by atoms with Crippen molar-refractivity contribution in [3.63, 3.8) is 0 Å². The Kier molecular flexibility index (Phi) is 5.93. The molecule has 2 bridgehead atoms. The molecule has 2 aliphatic rings. The molecule has 2 aromatic rings. The van der Waals surface area contributed by atoms with Crippen LogP contribution in [0.1, 0.15) is 43.7 Å². The van der Waals surface area contributed by atoms with Gasteiger partial charge in [-0.1, -0.05) is 31.2 Å². The molecule has 148 valence electrons. The Bertz CT molecular complexity index is 792. The monoisotopic (exact) mass is 397 g/mol. The average Bonchev–Trinajstić information content (AvgIpc) is 2.92. The van der Waals surface area contributed by atoms with Crippen LogP contribution in [0.5, 0.6) is 0 Å². The zero-order valence-electron chi connectivity index (χ0n) is 16.3. The zero-order valence-corrected chi connectivity index (χ0v) is 17.1. The van der Waals surface area contributed by atoms with Crippen molar-refractivity contribution in [2.75, 3.05) is 5.32 Å². The SMILES string of the molecule is CCc1ccc(NC(=S)NC2CC3CCC(C2)N3Cc2ccc(F)cc2)cc1. The molecule has 2 aliphatic heterocycles. The average molecular weight is 398 g/mol. The van der Waals surface area contributed by atoms with Crippen LogP contribution in [0.3, 0.4) is 0 Å². The van der Waals surface area contributed by atoms with Gasteiger partial charge in [0.2, 0.25) is 0 Å². The van der Waals surface area contributed by atoms with Crippen LogP contribution >= 0.6 is 12.2 Å². The van der Waals surface area contributed by atoms with Crippen molar-refractivity contribution < 1.29 is 4.39 Å². The van der Waals surface area contributed by atoms with E-state index in [0.29, 0.717) is 23.2 Å². The van der Waals surface area contributed by atoms with Crippen molar-refractivity contribution in [3.8, 4) is 0 Å². The lowest BCUT2D eigenvalue weighted by Crippen LogP contribution is -2.50. The zero-order chi connectivity index (χ0) is 19.5. The first-order chi connectivity index (χ1) is 13.6. The number of fused-ring (bicyclic) bond motifs is 2. The number of halogens is 1. The number of aryl methyl sites for hydroxylation is 1. The number of hydrogen-bond acceptors (Lipinski definition) is 2. The Morgan fingerprint density at radius 3 is 2.21 bits per heavy atom. The maximum Gasteiger partial charge on any atom is 0.170 e. The molecule has 0 amide bonds. The molecule has 2 aromatic carbocycles. The lowest BCUT2D eigenvalue weighted by Gasteiger charge is -2.39. The highest BCUT2D eigenvalue weighted by Gasteiger charge is 2.40. The quantitative estimate of drug-likeness (QED) is 0.704. The third-order valence-corrected chi connectivity index (χ3v) is 6.34. The van der Waals surface area contributed by atoms with Crippen LogP contribution in [0, 0.1) is 5.82 Å². The van der Waals surface area contributed by atoms with Gasteiger partial charge in [0.15, 0.2) is 5.11 Å². The second-order valence-electron chi connectivity index (χ2n) is 8.00. The lowest BCUT2D eigenvalue weighted by atomic mass is 9.96. The Hall–Kier alpha value is -1.98. The first kappa shape index (κ1) is 19.3. The highest BCUT2D eigenvalue weighted by molar-refractivity contribution is 7.80.